The SMILES string of the molecule is Nc1ccc(N)c(C(=O)C(O)CO)c1. The molecule has 0 amide bonds. The number of aliphatic hydroxyl groups excluding tert-OH is 2. The van der Waals surface area contributed by atoms with Crippen LogP contribution in [0.25, 0.3) is 0 Å². The molecule has 0 aromatic heterocycles. The average Bonchev–Trinajstić information content (AvgIpc) is 2.19. The van der Waals surface area contributed by atoms with Crippen LogP contribution in [0.3, 0.4) is 0 Å². The van der Waals surface area contributed by atoms with E-state index >= 15 is 0 Å². The number of anilines is 2. The lowest BCUT2D eigenvalue weighted by molar-refractivity contribution is 0.0588. The number of benzene rings is 1. The molecule has 1 aromatic carbocycles. The van der Waals surface area contributed by atoms with E-state index in [9.17, 15) is 4.79 Å². The summed E-state index contributed by atoms with van der Waals surface area (Å²) in [6, 6.07) is 4.40. The average molecular weight is 196 g/mol. The summed E-state index contributed by atoms with van der Waals surface area (Å²) >= 11 is 0. The van der Waals surface area contributed by atoms with E-state index in [4.69, 9.17) is 21.7 Å². The van der Waals surface area contributed by atoms with E-state index in [0.29, 0.717) is 5.69 Å². The molecule has 0 radical (unpaired) electrons. The molecular formula is C9H12N2O3. The van der Waals surface area contributed by atoms with Crippen molar-refractivity contribution >= 4 is 17.2 Å². The zero-order chi connectivity index (χ0) is 10.7. The van der Waals surface area contributed by atoms with E-state index in [-0.39, 0.29) is 11.3 Å². The lowest BCUT2D eigenvalue weighted by atomic mass is 10.0. The molecule has 0 aliphatic heterocycles. The van der Waals surface area contributed by atoms with Gasteiger partial charge in [-0.1, -0.05) is 0 Å². The van der Waals surface area contributed by atoms with Gasteiger partial charge in [0.2, 0.25) is 0 Å². The zero-order valence-electron chi connectivity index (χ0n) is 7.47. The molecule has 0 fully saturated rings. The van der Waals surface area contributed by atoms with Crippen molar-refractivity contribution in [3.8, 4) is 0 Å². The fraction of sp³-hybridized carbons (Fsp3) is 0.222. The first-order valence-corrected chi connectivity index (χ1v) is 4.04. The van der Waals surface area contributed by atoms with Crippen LogP contribution in [0.15, 0.2) is 18.2 Å². The number of ketones is 1. The second kappa shape index (κ2) is 4.08. The maximum Gasteiger partial charge on any atom is 0.195 e. The predicted octanol–water partition coefficient (Wildman–Crippen LogP) is -0.613. The van der Waals surface area contributed by atoms with Crippen LogP contribution in [0, 0.1) is 0 Å². The lowest BCUT2D eigenvalue weighted by Gasteiger charge is -2.09. The molecule has 0 aliphatic rings. The van der Waals surface area contributed by atoms with Crippen LogP contribution in [0.1, 0.15) is 10.4 Å². The molecule has 14 heavy (non-hydrogen) atoms. The molecule has 5 nitrogen and oxygen atoms in total. The molecule has 5 heteroatoms. The number of nitrogen functional groups attached to an aromatic ring is 2. The van der Waals surface area contributed by atoms with E-state index < -0.39 is 18.5 Å². The first-order valence-electron chi connectivity index (χ1n) is 4.04. The Labute approximate surface area is 81.0 Å². The highest BCUT2D eigenvalue weighted by Gasteiger charge is 2.18. The van der Waals surface area contributed by atoms with E-state index in [1.807, 2.05) is 0 Å². The second-order valence-corrected chi connectivity index (χ2v) is 2.91. The molecule has 0 aliphatic carbocycles. The summed E-state index contributed by atoms with van der Waals surface area (Å²) in [4.78, 5) is 11.4. The molecular weight excluding hydrogens is 184 g/mol. The quantitative estimate of drug-likeness (QED) is 0.380. The Morgan fingerprint density at radius 3 is 2.64 bits per heavy atom. The van der Waals surface area contributed by atoms with Gasteiger partial charge in [-0.2, -0.15) is 0 Å². The van der Waals surface area contributed by atoms with Crippen LogP contribution >= 0.6 is 0 Å². The van der Waals surface area contributed by atoms with E-state index in [0.717, 1.165) is 0 Å². The minimum Gasteiger partial charge on any atom is -0.399 e. The van der Waals surface area contributed by atoms with Crippen molar-refractivity contribution in [2.45, 2.75) is 6.10 Å². The smallest absolute Gasteiger partial charge is 0.195 e. The van der Waals surface area contributed by atoms with Gasteiger partial charge in [0.05, 0.1) is 6.61 Å². The number of hydrogen-bond donors (Lipinski definition) is 4. The normalized spacial score (nSPS) is 12.4. The van der Waals surface area contributed by atoms with Gasteiger partial charge in [-0.3, -0.25) is 4.79 Å². The number of nitrogens with two attached hydrogens (primary N) is 2. The van der Waals surface area contributed by atoms with Gasteiger partial charge in [0, 0.05) is 16.9 Å². The Balaban J connectivity index is 3.06. The van der Waals surface area contributed by atoms with E-state index in [1.54, 1.807) is 6.07 Å². The Hall–Kier alpha value is -1.59. The molecule has 76 valence electrons. The third-order valence-corrected chi connectivity index (χ3v) is 1.82. The highest BCUT2D eigenvalue weighted by atomic mass is 16.3. The van der Waals surface area contributed by atoms with Crippen molar-refractivity contribution in [1.82, 2.24) is 0 Å². The standard InChI is InChI=1S/C9H12N2O3/c10-5-1-2-7(11)6(3-5)9(14)8(13)4-12/h1-3,8,12-13H,4,10-11H2. The fourth-order valence-electron chi connectivity index (χ4n) is 1.05. The van der Waals surface area contributed by atoms with Gasteiger partial charge in [0.1, 0.15) is 6.10 Å². The molecule has 1 atom stereocenters. The van der Waals surface area contributed by atoms with E-state index in [1.165, 1.54) is 12.1 Å². The molecule has 0 heterocycles. The molecule has 1 unspecified atom stereocenters. The number of carbonyl (C=O) groups is 1. The molecule has 0 bridgehead atoms. The number of carbonyl (C=O) groups excluding carboxylic acids is 1. The first-order chi connectivity index (χ1) is 6.56. The van der Waals surface area contributed by atoms with Crippen LogP contribution in [-0.4, -0.2) is 28.7 Å². The summed E-state index contributed by atoms with van der Waals surface area (Å²) in [5.74, 6) is -0.627. The highest BCUT2D eigenvalue weighted by molar-refractivity contribution is 6.04. The van der Waals surface area contributed by atoms with Crippen LogP contribution < -0.4 is 11.5 Å². The molecule has 0 spiro atoms. The van der Waals surface area contributed by atoms with Gasteiger partial charge in [0.25, 0.3) is 0 Å². The van der Waals surface area contributed by atoms with Crippen molar-refractivity contribution in [3.05, 3.63) is 23.8 Å². The molecule has 1 rings (SSSR count). The minimum absolute atomic E-state index is 0.131. The fourth-order valence-corrected chi connectivity index (χ4v) is 1.05. The highest BCUT2D eigenvalue weighted by Crippen LogP contribution is 2.17. The Morgan fingerprint density at radius 2 is 2.07 bits per heavy atom. The van der Waals surface area contributed by atoms with Gasteiger partial charge in [-0.25, -0.2) is 0 Å². The van der Waals surface area contributed by atoms with Crippen molar-refractivity contribution < 1.29 is 15.0 Å². The van der Waals surface area contributed by atoms with Gasteiger partial charge in [-0.05, 0) is 18.2 Å². The van der Waals surface area contributed by atoms with Crippen molar-refractivity contribution in [2.24, 2.45) is 0 Å². The number of hydrogen-bond acceptors (Lipinski definition) is 5. The maximum absolute atomic E-state index is 11.4. The number of aliphatic hydroxyl groups is 2. The summed E-state index contributed by atoms with van der Waals surface area (Å²) in [7, 11) is 0. The Morgan fingerprint density at radius 1 is 1.43 bits per heavy atom. The van der Waals surface area contributed by atoms with Crippen molar-refractivity contribution in [3.63, 3.8) is 0 Å². The van der Waals surface area contributed by atoms with Crippen LogP contribution in [0.5, 0.6) is 0 Å². The molecule has 6 N–H and O–H groups in total. The summed E-state index contributed by atoms with van der Waals surface area (Å²) in [6.45, 7) is -0.632. The topological polar surface area (TPSA) is 110 Å². The van der Waals surface area contributed by atoms with Gasteiger partial charge < -0.3 is 21.7 Å². The van der Waals surface area contributed by atoms with Gasteiger partial charge in [-0.15, -0.1) is 0 Å². The third-order valence-electron chi connectivity index (χ3n) is 1.82. The first kappa shape index (κ1) is 10.5. The maximum atomic E-state index is 11.4. The molecule has 0 saturated carbocycles. The summed E-state index contributed by atoms with van der Waals surface area (Å²) < 4.78 is 0. The zero-order valence-corrected chi connectivity index (χ0v) is 7.47. The van der Waals surface area contributed by atoms with Gasteiger partial charge in [0.15, 0.2) is 5.78 Å². The number of Topliss-reactive ketones (excluding diaryl/α,β-unsaturated/α-hetero) is 1. The van der Waals surface area contributed by atoms with Crippen LogP contribution in [0.2, 0.25) is 0 Å². The van der Waals surface area contributed by atoms with Crippen molar-refractivity contribution in [2.75, 3.05) is 18.1 Å². The van der Waals surface area contributed by atoms with Gasteiger partial charge >= 0.3 is 0 Å². The van der Waals surface area contributed by atoms with Crippen LogP contribution in [-0.2, 0) is 0 Å². The monoisotopic (exact) mass is 196 g/mol. The Bertz CT molecular complexity index is 352. The summed E-state index contributed by atoms with van der Waals surface area (Å²) in [5, 5.41) is 17.7. The predicted molar refractivity (Wildman–Crippen MR) is 52.7 cm³/mol. The van der Waals surface area contributed by atoms with Crippen LogP contribution in [0.4, 0.5) is 11.4 Å². The lowest BCUT2D eigenvalue weighted by Crippen LogP contribution is -2.25. The summed E-state index contributed by atoms with van der Waals surface area (Å²) in [6.07, 6.45) is -1.45. The minimum atomic E-state index is -1.45. The number of rotatable bonds is 3. The van der Waals surface area contributed by atoms with E-state index in [2.05, 4.69) is 0 Å². The Kier molecular flexibility index (Phi) is 3.06. The second-order valence-electron chi connectivity index (χ2n) is 2.91. The largest absolute Gasteiger partial charge is 0.399 e. The molecule has 0 saturated heterocycles. The van der Waals surface area contributed by atoms with Crippen molar-refractivity contribution in [1.29, 1.82) is 0 Å². The third kappa shape index (κ3) is 2.01. The molecule has 1 aromatic rings. The summed E-state index contributed by atoms with van der Waals surface area (Å²) in [5.41, 5.74) is 11.7.